The molecule has 0 heterocycles. The lowest BCUT2D eigenvalue weighted by Gasteiger charge is -2.34. The molecule has 0 radical (unpaired) electrons. The largest absolute Gasteiger partial charge is 0.491 e. The first-order valence-corrected chi connectivity index (χ1v) is 11.7. The third-order valence-electron chi connectivity index (χ3n) is 5.37. The standard InChI is InChI=1S/C30H28O6/c31-21-28(34-24-15-7-2-8-16-24)30(36-26-19-11-4-12-20-26)29(35-25-17-9-3-10-18-25)27(32)22-33-23-13-5-1-6-14-23/h1-21,27-30,32H,22H2/t27-,28+,29-,30-/m1/s1. The van der Waals surface area contributed by atoms with Gasteiger partial charge in [-0.25, -0.2) is 0 Å². The van der Waals surface area contributed by atoms with E-state index in [0.717, 1.165) is 0 Å². The molecule has 6 nitrogen and oxygen atoms in total. The number of aliphatic hydroxyl groups is 1. The van der Waals surface area contributed by atoms with Crippen molar-refractivity contribution in [1.29, 1.82) is 0 Å². The summed E-state index contributed by atoms with van der Waals surface area (Å²) in [6.45, 7) is -0.0902. The molecule has 0 spiro atoms. The normalized spacial score (nSPS) is 14.0. The van der Waals surface area contributed by atoms with Crippen LogP contribution in [0.15, 0.2) is 121 Å². The van der Waals surface area contributed by atoms with Gasteiger partial charge in [0.05, 0.1) is 0 Å². The molecule has 0 aliphatic carbocycles. The second-order valence-electron chi connectivity index (χ2n) is 8.01. The second-order valence-corrected chi connectivity index (χ2v) is 8.01. The first-order valence-electron chi connectivity index (χ1n) is 11.7. The fourth-order valence-corrected chi connectivity index (χ4v) is 3.62. The van der Waals surface area contributed by atoms with Crippen molar-refractivity contribution in [2.75, 3.05) is 6.61 Å². The molecule has 0 aliphatic rings. The maximum absolute atomic E-state index is 12.3. The number of ether oxygens (including phenoxy) is 4. The summed E-state index contributed by atoms with van der Waals surface area (Å²) >= 11 is 0. The summed E-state index contributed by atoms with van der Waals surface area (Å²) in [4.78, 5) is 12.3. The Bertz CT molecular complexity index is 1160. The molecule has 0 bridgehead atoms. The van der Waals surface area contributed by atoms with Gasteiger partial charge in [-0.2, -0.15) is 0 Å². The molecule has 184 valence electrons. The summed E-state index contributed by atoms with van der Waals surface area (Å²) in [6.07, 6.45) is -3.63. The van der Waals surface area contributed by atoms with Crippen molar-refractivity contribution in [3.05, 3.63) is 121 Å². The molecule has 0 aromatic heterocycles. The summed E-state index contributed by atoms with van der Waals surface area (Å²) in [6, 6.07) is 36.2. The molecule has 36 heavy (non-hydrogen) atoms. The lowest BCUT2D eigenvalue weighted by molar-refractivity contribution is -0.126. The van der Waals surface area contributed by atoms with Gasteiger partial charge < -0.3 is 24.1 Å². The number of carbonyl (C=O) groups excluding carboxylic acids is 1. The van der Waals surface area contributed by atoms with E-state index in [4.69, 9.17) is 18.9 Å². The smallest absolute Gasteiger partial charge is 0.194 e. The number of rotatable bonds is 13. The molecular weight excluding hydrogens is 456 g/mol. The highest BCUT2D eigenvalue weighted by Gasteiger charge is 2.40. The third-order valence-corrected chi connectivity index (χ3v) is 5.37. The molecular formula is C30H28O6. The molecule has 4 aromatic rings. The Balaban J connectivity index is 1.65. The van der Waals surface area contributed by atoms with Crippen LogP contribution in [0.25, 0.3) is 0 Å². The lowest BCUT2D eigenvalue weighted by atomic mass is 10.0. The van der Waals surface area contributed by atoms with Crippen molar-refractivity contribution in [3.8, 4) is 23.0 Å². The first kappa shape index (κ1) is 24.8. The van der Waals surface area contributed by atoms with Gasteiger partial charge in [0.2, 0.25) is 0 Å². The van der Waals surface area contributed by atoms with Crippen molar-refractivity contribution in [2.24, 2.45) is 0 Å². The van der Waals surface area contributed by atoms with Crippen LogP contribution in [0.5, 0.6) is 23.0 Å². The zero-order valence-electron chi connectivity index (χ0n) is 19.6. The Hall–Kier alpha value is -4.29. The van der Waals surface area contributed by atoms with E-state index in [1.807, 2.05) is 72.8 Å². The van der Waals surface area contributed by atoms with Crippen molar-refractivity contribution >= 4 is 6.29 Å². The fourth-order valence-electron chi connectivity index (χ4n) is 3.62. The Morgan fingerprint density at radius 1 is 0.556 bits per heavy atom. The van der Waals surface area contributed by atoms with Crippen LogP contribution in [0.2, 0.25) is 0 Å². The number of aldehydes is 1. The maximum atomic E-state index is 12.3. The van der Waals surface area contributed by atoms with E-state index in [0.29, 0.717) is 29.3 Å². The first-order chi connectivity index (χ1) is 17.7. The van der Waals surface area contributed by atoms with Crippen molar-refractivity contribution < 1.29 is 28.8 Å². The van der Waals surface area contributed by atoms with Crippen LogP contribution < -0.4 is 18.9 Å². The van der Waals surface area contributed by atoms with Crippen LogP contribution in [0, 0.1) is 0 Å². The van der Waals surface area contributed by atoms with E-state index in [1.54, 1.807) is 48.5 Å². The van der Waals surface area contributed by atoms with Crippen molar-refractivity contribution in [1.82, 2.24) is 0 Å². The van der Waals surface area contributed by atoms with Gasteiger partial charge in [0.1, 0.15) is 35.7 Å². The maximum Gasteiger partial charge on any atom is 0.194 e. The number of carbonyl (C=O) groups is 1. The van der Waals surface area contributed by atoms with Gasteiger partial charge in [0.15, 0.2) is 24.6 Å². The van der Waals surface area contributed by atoms with Gasteiger partial charge >= 0.3 is 0 Å². The zero-order valence-corrected chi connectivity index (χ0v) is 19.6. The summed E-state index contributed by atoms with van der Waals surface area (Å²) in [5.41, 5.74) is 0. The Kier molecular flexibility index (Phi) is 8.95. The summed E-state index contributed by atoms with van der Waals surface area (Å²) in [5.74, 6) is 2.10. The number of aliphatic hydroxyl groups excluding tert-OH is 1. The molecule has 0 fully saturated rings. The summed E-state index contributed by atoms with van der Waals surface area (Å²) < 4.78 is 24.3. The lowest BCUT2D eigenvalue weighted by Crippen LogP contribution is -2.55. The molecule has 0 saturated carbocycles. The van der Waals surface area contributed by atoms with E-state index in [2.05, 4.69) is 0 Å². The summed E-state index contributed by atoms with van der Waals surface area (Å²) in [5, 5.41) is 11.3. The highest BCUT2D eigenvalue weighted by atomic mass is 16.6. The minimum Gasteiger partial charge on any atom is -0.491 e. The van der Waals surface area contributed by atoms with Gasteiger partial charge in [-0.3, -0.25) is 4.79 Å². The number of hydrogen-bond acceptors (Lipinski definition) is 6. The molecule has 4 rings (SSSR count). The highest BCUT2D eigenvalue weighted by Crippen LogP contribution is 2.24. The van der Waals surface area contributed by atoms with Crippen molar-refractivity contribution in [2.45, 2.75) is 24.4 Å². The Morgan fingerprint density at radius 3 is 1.39 bits per heavy atom. The molecule has 1 N–H and O–H groups in total. The minimum atomic E-state index is -1.17. The van der Waals surface area contributed by atoms with Crippen LogP contribution in [0.1, 0.15) is 0 Å². The molecule has 6 heteroatoms. The van der Waals surface area contributed by atoms with Gasteiger partial charge in [0.25, 0.3) is 0 Å². The average Bonchev–Trinajstić information content (AvgIpc) is 2.94. The molecule has 0 unspecified atom stereocenters. The van der Waals surface area contributed by atoms with Crippen LogP contribution in [0.3, 0.4) is 0 Å². The number of hydrogen-bond donors (Lipinski definition) is 1. The van der Waals surface area contributed by atoms with Crippen LogP contribution >= 0.6 is 0 Å². The SMILES string of the molecule is O=C[C@H](Oc1ccccc1)[C@@H](Oc1ccccc1)[C@H](Oc1ccccc1)[C@H](O)COc1ccccc1. The predicted molar refractivity (Wildman–Crippen MR) is 137 cm³/mol. The molecule has 4 aromatic carbocycles. The molecule has 0 amide bonds. The molecule has 4 atom stereocenters. The van der Waals surface area contributed by atoms with E-state index >= 15 is 0 Å². The Morgan fingerprint density at radius 2 is 0.944 bits per heavy atom. The summed E-state index contributed by atoms with van der Waals surface area (Å²) in [7, 11) is 0. The van der Waals surface area contributed by atoms with Gasteiger partial charge in [-0.05, 0) is 48.5 Å². The fraction of sp³-hybridized carbons (Fsp3) is 0.167. The highest BCUT2D eigenvalue weighted by molar-refractivity contribution is 5.58. The van der Waals surface area contributed by atoms with Gasteiger partial charge in [-0.15, -0.1) is 0 Å². The minimum absolute atomic E-state index is 0.0902. The van der Waals surface area contributed by atoms with E-state index in [9.17, 15) is 9.90 Å². The zero-order chi connectivity index (χ0) is 25.0. The molecule has 0 aliphatic heterocycles. The van der Waals surface area contributed by atoms with E-state index in [-0.39, 0.29) is 6.61 Å². The average molecular weight is 485 g/mol. The Labute approximate surface area is 210 Å². The third kappa shape index (κ3) is 7.10. The van der Waals surface area contributed by atoms with Gasteiger partial charge in [-0.1, -0.05) is 72.8 Å². The predicted octanol–water partition coefficient (Wildman–Crippen LogP) is 4.97. The van der Waals surface area contributed by atoms with E-state index in [1.165, 1.54) is 0 Å². The van der Waals surface area contributed by atoms with Gasteiger partial charge in [0, 0.05) is 0 Å². The topological polar surface area (TPSA) is 74.2 Å². The number of benzene rings is 4. The monoisotopic (exact) mass is 484 g/mol. The van der Waals surface area contributed by atoms with Crippen LogP contribution in [0.4, 0.5) is 0 Å². The molecule has 0 saturated heterocycles. The van der Waals surface area contributed by atoms with Crippen molar-refractivity contribution in [3.63, 3.8) is 0 Å². The second kappa shape index (κ2) is 13.0. The van der Waals surface area contributed by atoms with E-state index < -0.39 is 24.4 Å². The number of para-hydroxylation sites is 4. The van der Waals surface area contributed by atoms with Crippen LogP contribution in [-0.4, -0.2) is 42.4 Å². The quantitative estimate of drug-likeness (QED) is 0.270. The van der Waals surface area contributed by atoms with Crippen LogP contribution in [-0.2, 0) is 4.79 Å².